The third-order valence-corrected chi connectivity index (χ3v) is 11.9. The van der Waals surface area contributed by atoms with Gasteiger partial charge in [0.05, 0.1) is 72.5 Å². The summed E-state index contributed by atoms with van der Waals surface area (Å²) in [7, 11) is 4.06. The number of ether oxygens (including phenoxy) is 4. The minimum Gasteiger partial charge on any atom is -0.493 e. The third-order valence-electron chi connectivity index (χ3n) is 10.9. The van der Waals surface area contributed by atoms with Crippen molar-refractivity contribution in [2.24, 2.45) is 5.41 Å². The standard InChI is InChI=1S/C48H62N6O7S/c1-33-46(62-32-50-33)36-10-8-34(9-11-36)28-49-47(57)43-27-39(55)29-54(43)30-44(48(2,3)4)52-45(56)31-60-25-24-59-23-22-58-20-7-21-61-40-17-19-42-37(26-40)14-18-41(51-42)35-12-15-38(16-13-35)53(5)6/h8-19,26,32,39,43-44,55H,7,20-25,27-31H2,1-6H3,(H,49,57)(H,52,56)/t39-,43+,44-/m1/s1. The van der Waals surface area contributed by atoms with E-state index in [0.29, 0.717) is 59.1 Å². The summed E-state index contributed by atoms with van der Waals surface area (Å²) in [5, 5.41) is 17.7. The average Bonchev–Trinajstić information content (AvgIpc) is 3.86. The van der Waals surface area contributed by atoms with E-state index in [2.05, 4.69) is 50.8 Å². The normalized spacial score (nSPS) is 16.0. The van der Waals surface area contributed by atoms with Gasteiger partial charge in [-0.1, -0.05) is 63.2 Å². The molecule has 14 heteroatoms. The predicted octanol–water partition coefficient (Wildman–Crippen LogP) is 6.50. The number of aliphatic hydroxyl groups is 1. The number of benzene rings is 3. The molecule has 2 amide bonds. The Morgan fingerprint density at radius 3 is 2.31 bits per heavy atom. The summed E-state index contributed by atoms with van der Waals surface area (Å²) in [6.07, 6.45) is 0.449. The van der Waals surface area contributed by atoms with Crippen molar-refractivity contribution in [2.45, 2.75) is 65.3 Å². The summed E-state index contributed by atoms with van der Waals surface area (Å²) in [4.78, 5) is 40.7. The molecule has 3 N–H and O–H groups in total. The molecule has 0 aliphatic carbocycles. The first-order valence-corrected chi connectivity index (χ1v) is 22.2. The Bertz CT molecular complexity index is 2190. The summed E-state index contributed by atoms with van der Waals surface area (Å²) in [6.45, 7) is 11.7. The van der Waals surface area contributed by atoms with Crippen molar-refractivity contribution in [2.75, 3.05) is 78.3 Å². The maximum Gasteiger partial charge on any atom is 0.246 e. The summed E-state index contributed by atoms with van der Waals surface area (Å²) in [5.74, 6) is 0.410. The third kappa shape index (κ3) is 13.5. The molecule has 3 heterocycles. The predicted molar refractivity (Wildman–Crippen MR) is 246 cm³/mol. The SMILES string of the molecule is Cc1ncsc1-c1ccc(CNC(=O)[C@@H]2C[C@@H](O)CN2C[C@@H](NC(=O)COCCOCCOCCCOc2ccc3nc(-c4ccc(N(C)C)cc4)ccc3c2)C(C)(C)C)cc1. The van der Waals surface area contributed by atoms with Crippen LogP contribution >= 0.6 is 11.3 Å². The molecular weight excluding hydrogens is 805 g/mol. The number of aliphatic hydroxyl groups excluding tert-OH is 1. The lowest BCUT2D eigenvalue weighted by atomic mass is 9.86. The number of thiazole rings is 1. The van der Waals surface area contributed by atoms with E-state index in [0.717, 1.165) is 61.7 Å². The Morgan fingerprint density at radius 1 is 0.903 bits per heavy atom. The lowest BCUT2D eigenvalue weighted by Crippen LogP contribution is -2.54. The van der Waals surface area contributed by atoms with Crippen LogP contribution in [-0.2, 0) is 30.3 Å². The van der Waals surface area contributed by atoms with Crippen molar-refractivity contribution in [3.63, 3.8) is 0 Å². The number of aryl methyl sites for hydroxylation is 1. The van der Waals surface area contributed by atoms with Crippen LogP contribution in [0.25, 0.3) is 32.6 Å². The molecule has 0 radical (unpaired) electrons. The van der Waals surface area contributed by atoms with E-state index in [1.807, 2.05) is 101 Å². The molecule has 0 bridgehead atoms. The number of carbonyl (C=O) groups excluding carboxylic acids is 2. The van der Waals surface area contributed by atoms with Crippen LogP contribution in [-0.4, -0.2) is 123 Å². The lowest BCUT2D eigenvalue weighted by molar-refractivity contribution is -0.128. The topological polar surface area (TPSA) is 148 Å². The minimum absolute atomic E-state index is 0.110. The highest BCUT2D eigenvalue weighted by Crippen LogP contribution is 2.29. The molecule has 1 aliphatic heterocycles. The van der Waals surface area contributed by atoms with Crippen LogP contribution in [0.1, 0.15) is 44.9 Å². The molecule has 332 valence electrons. The first-order valence-electron chi connectivity index (χ1n) is 21.4. The van der Waals surface area contributed by atoms with Gasteiger partial charge in [-0.15, -0.1) is 11.3 Å². The second-order valence-corrected chi connectivity index (χ2v) is 17.9. The van der Waals surface area contributed by atoms with Crippen molar-refractivity contribution in [1.82, 2.24) is 25.5 Å². The number of aromatic nitrogens is 2. The zero-order valence-corrected chi connectivity index (χ0v) is 37.7. The van der Waals surface area contributed by atoms with E-state index < -0.39 is 12.1 Å². The average molecular weight is 867 g/mol. The number of nitrogens with one attached hydrogen (secondary N) is 2. The highest BCUT2D eigenvalue weighted by atomic mass is 32.1. The number of fused-ring (bicyclic) bond motifs is 1. The van der Waals surface area contributed by atoms with Crippen molar-refractivity contribution in [3.8, 4) is 27.4 Å². The molecule has 0 unspecified atom stereocenters. The van der Waals surface area contributed by atoms with Crippen molar-refractivity contribution in [1.29, 1.82) is 0 Å². The van der Waals surface area contributed by atoms with Gasteiger partial charge in [-0.05, 0) is 66.3 Å². The first kappa shape index (κ1) is 46.5. The zero-order valence-electron chi connectivity index (χ0n) is 36.9. The monoisotopic (exact) mass is 866 g/mol. The van der Waals surface area contributed by atoms with Gasteiger partial charge in [0, 0.05) is 69.4 Å². The van der Waals surface area contributed by atoms with Gasteiger partial charge in [-0.2, -0.15) is 0 Å². The fourth-order valence-corrected chi connectivity index (χ4v) is 8.07. The number of anilines is 1. The molecule has 1 saturated heterocycles. The van der Waals surface area contributed by atoms with Gasteiger partial charge >= 0.3 is 0 Å². The molecule has 2 aromatic heterocycles. The van der Waals surface area contributed by atoms with Crippen molar-refractivity contribution >= 4 is 39.7 Å². The Hall–Kier alpha value is -4.96. The highest BCUT2D eigenvalue weighted by molar-refractivity contribution is 7.13. The van der Waals surface area contributed by atoms with E-state index in [4.69, 9.17) is 23.9 Å². The van der Waals surface area contributed by atoms with Crippen molar-refractivity contribution < 1.29 is 33.6 Å². The molecule has 5 aromatic rings. The molecule has 1 fully saturated rings. The smallest absolute Gasteiger partial charge is 0.246 e. The molecule has 3 atom stereocenters. The van der Waals surface area contributed by atoms with Crippen LogP contribution in [0.5, 0.6) is 5.75 Å². The summed E-state index contributed by atoms with van der Waals surface area (Å²) >= 11 is 1.61. The molecule has 62 heavy (non-hydrogen) atoms. The van der Waals surface area contributed by atoms with Crippen LogP contribution in [0.2, 0.25) is 0 Å². The lowest BCUT2D eigenvalue weighted by Gasteiger charge is -2.36. The maximum absolute atomic E-state index is 13.4. The second-order valence-electron chi connectivity index (χ2n) is 17.0. The maximum atomic E-state index is 13.4. The highest BCUT2D eigenvalue weighted by Gasteiger charge is 2.39. The second kappa shape index (κ2) is 22.4. The van der Waals surface area contributed by atoms with Crippen LogP contribution in [0.3, 0.4) is 0 Å². The number of pyridine rings is 1. The number of amides is 2. The van der Waals surface area contributed by atoms with E-state index in [9.17, 15) is 14.7 Å². The number of carbonyl (C=O) groups is 2. The van der Waals surface area contributed by atoms with Gasteiger partial charge < -0.3 is 39.6 Å². The van der Waals surface area contributed by atoms with E-state index in [1.165, 1.54) is 0 Å². The molecule has 0 saturated carbocycles. The number of rotatable bonds is 22. The molecule has 13 nitrogen and oxygen atoms in total. The molecule has 0 spiro atoms. The molecule has 1 aliphatic rings. The van der Waals surface area contributed by atoms with Gasteiger partial charge in [0.2, 0.25) is 11.8 Å². The Kier molecular flexibility index (Phi) is 16.8. The summed E-state index contributed by atoms with van der Waals surface area (Å²) in [6, 6.07) is 25.8. The number of nitrogens with zero attached hydrogens (tertiary/aromatic N) is 4. The number of hydrogen-bond donors (Lipinski definition) is 3. The van der Waals surface area contributed by atoms with Crippen molar-refractivity contribution in [3.05, 3.63) is 95.6 Å². The number of β-amino-alcohol motifs (C(OH)–C–C–N with tert-alkyl or cyclic N) is 1. The van der Waals surface area contributed by atoms with E-state index in [-0.39, 0.29) is 36.5 Å². The summed E-state index contributed by atoms with van der Waals surface area (Å²) < 4.78 is 22.9. The molecule has 3 aromatic carbocycles. The van der Waals surface area contributed by atoms with Gasteiger partial charge in [-0.25, -0.2) is 9.97 Å². The number of likely N-dealkylation sites (tertiary alicyclic amines) is 1. The van der Waals surface area contributed by atoms with Gasteiger partial charge in [0.1, 0.15) is 12.4 Å². The van der Waals surface area contributed by atoms with Crippen LogP contribution in [0, 0.1) is 12.3 Å². The Morgan fingerprint density at radius 2 is 1.61 bits per heavy atom. The first-order chi connectivity index (χ1) is 29.8. The van der Waals surface area contributed by atoms with Gasteiger partial charge in [0.25, 0.3) is 0 Å². The minimum atomic E-state index is -0.626. The number of hydrogen-bond acceptors (Lipinski definition) is 12. The van der Waals surface area contributed by atoms with Crippen LogP contribution < -0.4 is 20.3 Å². The van der Waals surface area contributed by atoms with Gasteiger partial charge in [0.15, 0.2) is 0 Å². The summed E-state index contributed by atoms with van der Waals surface area (Å²) in [5.41, 5.74) is 8.70. The fourth-order valence-electron chi connectivity index (χ4n) is 7.26. The molecular formula is C48H62N6O7S. The fraction of sp³-hybridized carbons (Fsp3) is 0.458. The quantitative estimate of drug-likeness (QED) is 0.0656. The van der Waals surface area contributed by atoms with Crippen LogP contribution in [0.4, 0.5) is 5.69 Å². The largest absolute Gasteiger partial charge is 0.493 e. The van der Waals surface area contributed by atoms with Gasteiger partial charge in [-0.3, -0.25) is 14.5 Å². The zero-order chi connectivity index (χ0) is 44.1. The molecule has 6 rings (SSSR count). The van der Waals surface area contributed by atoms with E-state index >= 15 is 0 Å². The van der Waals surface area contributed by atoms with E-state index in [1.54, 1.807) is 11.3 Å². The Labute approximate surface area is 369 Å². The Balaban J connectivity index is 0.818. The van der Waals surface area contributed by atoms with Crippen LogP contribution in [0.15, 0.2) is 84.4 Å².